The van der Waals surface area contributed by atoms with E-state index in [4.69, 9.17) is 0 Å². The summed E-state index contributed by atoms with van der Waals surface area (Å²) in [6.07, 6.45) is 5.80. The average Bonchev–Trinajstić information content (AvgIpc) is 3.10. The molecule has 1 saturated heterocycles. The number of amides is 1. The number of hydrogen-bond acceptors (Lipinski definition) is 3. The summed E-state index contributed by atoms with van der Waals surface area (Å²) in [5.74, 6) is 0.0104. The van der Waals surface area contributed by atoms with Crippen molar-refractivity contribution in [2.75, 3.05) is 13.6 Å². The van der Waals surface area contributed by atoms with Gasteiger partial charge in [0.15, 0.2) is 0 Å². The van der Waals surface area contributed by atoms with E-state index in [2.05, 4.69) is 10.3 Å². The molecule has 114 valence electrons. The Hall–Kier alpha value is -2.20. The second kappa shape index (κ2) is 6.71. The van der Waals surface area contributed by atoms with Crippen LogP contribution >= 0.6 is 0 Å². The second-order valence-electron chi connectivity index (χ2n) is 5.80. The Kier molecular flexibility index (Phi) is 4.49. The number of carbonyl (C=O) groups excluding carboxylic acids is 1. The van der Waals surface area contributed by atoms with Gasteiger partial charge in [0.05, 0.1) is 5.56 Å². The van der Waals surface area contributed by atoms with Crippen molar-refractivity contribution < 1.29 is 4.79 Å². The largest absolute Gasteiger partial charge is 0.337 e. The number of hydrogen-bond donors (Lipinski definition) is 1. The van der Waals surface area contributed by atoms with Crippen molar-refractivity contribution in [3.8, 4) is 0 Å². The number of carbonyl (C=O) groups is 1. The molecule has 1 aromatic heterocycles. The molecule has 1 fully saturated rings. The molecule has 0 spiro atoms. The molecule has 0 aliphatic carbocycles. The van der Waals surface area contributed by atoms with E-state index >= 15 is 0 Å². The standard InChI is InChI=1S/C18H21N3O/c1-21(13-14-6-3-2-4-7-14)18(22)16-10-15(11-19-12-16)17-8-5-9-20-17/h2-4,6-7,10-12,17,20H,5,8-9,13H2,1H3. The van der Waals surface area contributed by atoms with Crippen LogP contribution in [0.4, 0.5) is 0 Å². The summed E-state index contributed by atoms with van der Waals surface area (Å²) < 4.78 is 0. The lowest BCUT2D eigenvalue weighted by Crippen LogP contribution is -2.26. The highest BCUT2D eigenvalue weighted by atomic mass is 16.2. The number of benzene rings is 1. The van der Waals surface area contributed by atoms with Gasteiger partial charge in [0, 0.05) is 32.0 Å². The zero-order valence-corrected chi connectivity index (χ0v) is 12.8. The predicted octanol–water partition coefficient (Wildman–Crippen LogP) is 2.78. The van der Waals surface area contributed by atoms with Crippen LogP contribution in [0.5, 0.6) is 0 Å². The van der Waals surface area contributed by atoms with Crippen molar-refractivity contribution in [2.45, 2.75) is 25.4 Å². The van der Waals surface area contributed by atoms with E-state index in [9.17, 15) is 4.79 Å². The minimum absolute atomic E-state index is 0.0104. The summed E-state index contributed by atoms with van der Waals surface area (Å²) in [7, 11) is 1.83. The third-order valence-corrected chi connectivity index (χ3v) is 4.08. The van der Waals surface area contributed by atoms with Crippen molar-refractivity contribution in [1.29, 1.82) is 0 Å². The Morgan fingerprint density at radius 1 is 1.32 bits per heavy atom. The molecule has 1 atom stereocenters. The summed E-state index contributed by atoms with van der Waals surface area (Å²) in [6, 6.07) is 12.3. The molecule has 0 bridgehead atoms. The van der Waals surface area contributed by atoms with Crippen molar-refractivity contribution in [3.05, 3.63) is 65.5 Å². The molecule has 4 nitrogen and oxygen atoms in total. The molecule has 0 saturated carbocycles. The molecule has 3 rings (SSSR count). The first-order valence-electron chi connectivity index (χ1n) is 7.72. The number of aromatic nitrogens is 1. The minimum atomic E-state index is 0.0104. The highest BCUT2D eigenvalue weighted by molar-refractivity contribution is 5.93. The highest BCUT2D eigenvalue weighted by Gasteiger charge is 2.19. The third-order valence-electron chi connectivity index (χ3n) is 4.08. The van der Waals surface area contributed by atoms with Crippen LogP contribution in [0, 0.1) is 0 Å². The molecule has 1 N–H and O–H groups in total. The fourth-order valence-corrected chi connectivity index (χ4v) is 2.88. The van der Waals surface area contributed by atoms with E-state index in [-0.39, 0.29) is 5.91 Å². The molecule has 2 aromatic rings. The molecule has 0 radical (unpaired) electrons. The Morgan fingerprint density at radius 2 is 2.14 bits per heavy atom. The van der Waals surface area contributed by atoms with Crippen LogP contribution in [-0.4, -0.2) is 29.4 Å². The van der Waals surface area contributed by atoms with Gasteiger partial charge in [0.25, 0.3) is 5.91 Å². The van der Waals surface area contributed by atoms with Gasteiger partial charge in [-0.25, -0.2) is 0 Å². The Labute approximate surface area is 131 Å². The normalized spacial score (nSPS) is 17.4. The maximum absolute atomic E-state index is 12.6. The van der Waals surface area contributed by atoms with Crippen LogP contribution in [0.1, 0.15) is 40.4 Å². The summed E-state index contributed by atoms with van der Waals surface area (Å²) in [4.78, 5) is 18.6. The monoisotopic (exact) mass is 295 g/mol. The van der Waals surface area contributed by atoms with Crippen molar-refractivity contribution >= 4 is 5.91 Å². The van der Waals surface area contributed by atoms with E-state index in [0.29, 0.717) is 18.2 Å². The lowest BCUT2D eigenvalue weighted by molar-refractivity contribution is 0.0784. The van der Waals surface area contributed by atoms with E-state index in [1.807, 2.05) is 49.6 Å². The van der Waals surface area contributed by atoms with Crippen LogP contribution in [0.2, 0.25) is 0 Å². The fourth-order valence-electron chi connectivity index (χ4n) is 2.88. The molecule has 1 aliphatic heterocycles. The molecular weight excluding hydrogens is 274 g/mol. The van der Waals surface area contributed by atoms with Crippen LogP contribution in [0.25, 0.3) is 0 Å². The topological polar surface area (TPSA) is 45.2 Å². The van der Waals surface area contributed by atoms with Crippen molar-refractivity contribution in [3.63, 3.8) is 0 Å². The van der Waals surface area contributed by atoms with Gasteiger partial charge < -0.3 is 10.2 Å². The van der Waals surface area contributed by atoms with Crippen LogP contribution in [0.15, 0.2) is 48.8 Å². The number of nitrogens with one attached hydrogen (secondary N) is 1. The van der Waals surface area contributed by atoms with Crippen molar-refractivity contribution in [2.24, 2.45) is 0 Å². The van der Waals surface area contributed by atoms with E-state index < -0.39 is 0 Å². The summed E-state index contributed by atoms with van der Waals surface area (Å²) >= 11 is 0. The maximum Gasteiger partial charge on any atom is 0.255 e. The Bertz CT molecular complexity index is 636. The van der Waals surface area contributed by atoms with Gasteiger partial charge in [-0.3, -0.25) is 9.78 Å². The molecule has 1 aromatic carbocycles. The summed E-state index contributed by atoms with van der Waals surface area (Å²) in [6.45, 7) is 1.64. The van der Waals surface area contributed by atoms with E-state index in [1.165, 1.54) is 6.42 Å². The quantitative estimate of drug-likeness (QED) is 0.943. The Morgan fingerprint density at radius 3 is 2.86 bits per heavy atom. The zero-order valence-electron chi connectivity index (χ0n) is 12.8. The fraction of sp³-hybridized carbons (Fsp3) is 0.333. The Balaban J connectivity index is 1.72. The minimum Gasteiger partial charge on any atom is -0.337 e. The summed E-state index contributed by atoms with van der Waals surface area (Å²) in [5.41, 5.74) is 2.89. The summed E-state index contributed by atoms with van der Waals surface area (Å²) in [5, 5.41) is 3.44. The predicted molar refractivity (Wildman–Crippen MR) is 86.5 cm³/mol. The highest BCUT2D eigenvalue weighted by Crippen LogP contribution is 2.23. The maximum atomic E-state index is 12.6. The molecular formula is C18H21N3O. The first kappa shape index (κ1) is 14.7. The van der Waals surface area contributed by atoms with Crippen molar-refractivity contribution in [1.82, 2.24) is 15.2 Å². The lowest BCUT2D eigenvalue weighted by atomic mass is 10.1. The van der Waals surface area contributed by atoms with Gasteiger partial charge in [0.2, 0.25) is 0 Å². The molecule has 2 heterocycles. The van der Waals surface area contributed by atoms with E-state index in [1.54, 1.807) is 11.1 Å². The molecule has 4 heteroatoms. The van der Waals surface area contributed by atoms with Gasteiger partial charge in [-0.2, -0.15) is 0 Å². The zero-order chi connectivity index (χ0) is 15.4. The molecule has 1 unspecified atom stereocenters. The molecule has 22 heavy (non-hydrogen) atoms. The van der Waals surface area contributed by atoms with Crippen LogP contribution in [-0.2, 0) is 6.54 Å². The number of nitrogens with zero attached hydrogens (tertiary/aromatic N) is 2. The first-order valence-corrected chi connectivity index (χ1v) is 7.72. The first-order chi connectivity index (χ1) is 10.7. The van der Waals surface area contributed by atoms with Gasteiger partial charge in [0.1, 0.15) is 0 Å². The van der Waals surface area contributed by atoms with Gasteiger partial charge in [-0.1, -0.05) is 30.3 Å². The third kappa shape index (κ3) is 3.34. The van der Waals surface area contributed by atoms with Crippen LogP contribution in [0.3, 0.4) is 0 Å². The van der Waals surface area contributed by atoms with Gasteiger partial charge >= 0.3 is 0 Å². The smallest absolute Gasteiger partial charge is 0.255 e. The second-order valence-corrected chi connectivity index (χ2v) is 5.80. The SMILES string of the molecule is CN(Cc1ccccc1)C(=O)c1cncc(C2CCCN2)c1. The molecule has 1 aliphatic rings. The average molecular weight is 295 g/mol. The van der Waals surface area contributed by atoms with Gasteiger partial charge in [-0.05, 0) is 36.6 Å². The number of rotatable bonds is 4. The molecule has 1 amide bonds. The van der Waals surface area contributed by atoms with Gasteiger partial charge in [-0.15, -0.1) is 0 Å². The lowest BCUT2D eigenvalue weighted by Gasteiger charge is -2.18. The van der Waals surface area contributed by atoms with Crippen LogP contribution < -0.4 is 5.32 Å². The number of pyridine rings is 1. The van der Waals surface area contributed by atoms with E-state index in [0.717, 1.165) is 24.1 Å².